The van der Waals surface area contributed by atoms with E-state index >= 15 is 0 Å². The third kappa shape index (κ3) is 9.50. The highest BCUT2D eigenvalue weighted by Gasteiger charge is 2.61. The zero-order valence-electron chi connectivity index (χ0n) is 30.1. The summed E-state index contributed by atoms with van der Waals surface area (Å²) in [6.07, 6.45) is -1.16. The van der Waals surface area contributed by atoms with Crippen LogP contribution >= 0.6 is 7.75 Å². The highest BCUT2D eigenvalue weighted by molar-refractivity contribution is 7.52. The van der Waals surface area contributed by atoms with Crippen LogP contribution < -0.4 is 15.3 Å². The van der Waals surface area contributed by atoms with Crippen molar-refractivity contribution in [2.24, 2.45) is 22.2 Å². The fraction of sp³-hybridized carbons (Fsp3) is 0.529. The van der Waals surface area contributed by atoms with Crippen LogP contribution in [0, 0.1) is 17.3 Å². The number of hydrogen-bond donors (Lipinski definition) is 2. The molecule has 1 unspecified atom stereocenters. The van der Waals surface area contributed by atoms with Gasteiger partial charge in [-0.15, -0.1) is 0 Å². The molecule has 1 fully saturated rings. The number of ether oxygens (including phenoxy) is 4. The fourth-order valence-electron chi connectivity index (χ4n) is 4.98. The summed E-state index contributed by atoms with van der Waals surface area (Å²) in [4.78, 5) is 47.1. The number of anilines is 1. The summed E-state index contributed by atoms with van der Waals surface area (Å²) >= 11 is 0. The minimum absolute atomic E-state index is 0.109. The van der Waals surface area contributed by atoms with Gasteiger partial charge in [-0.25, -0.2) is 19.2 Å². The first-order valence-electron chi connectivity index (χ1n) is 16.5. The molecule has 51 heavy (non-hydrogen) atoms. The van der Waals surface area contributed by atoms with Gasteiger partial charge in [0.25, 0.3) is 0 Å². The standard InChI is InChI=1S/C34H47N6O10P/c1-21(2)30(41)47-27-26(24-14-15-25-29(35)37-20-38-40(24)25)49-34(18-36-8,28(27)48-31(42)22(3)4)19-46-51(44,50-23-12-10-9-11-13-23)39-16-17-45-32(43)33(5,6)7/h9-15,18,20-22,26-28H,16-17,19H2,1-8H3,(H,39,44)(H2,35,37,38)/t26-,27-,28-,34+,51?/m0/s1. The Bertz CT molecular complexity index is 1760. The second kappa shape index (κ2) is 16.3. The topological polar surface area (TPSA) is 204 Å². The normalized spacial score (nSPS) is 22.0. The van der Waals surface area contributed by atoms with Crippen LogP contribution in [-0.4, -0.2) is 83.3 Å². The molecule has 1 aliphatic rings. The molecule has 278 valence electrons. The predicted octanol–water partition coefficient (Wildman–Crippen LogP) is 4.34. The van der Waals surface area contributed by atoms with Crippen LogP contribution in [0.4, 0.5) is 5.82 Å². The Balaban J connectivity index is 1.77. The van der Waals surface area contributed by atoms with Crippen molar-refractivity contribution in [1.82, 2.24) is 19.7 Å². The van der Waals surface area contributed by atoms with Crippen molar-refractivity contribution in [3.8, 4) is 5.75 Å². The van der Waals surface area contributed by atoms with Crippen LogP contribution in [-0.2, 0) is 42.4 Å². The van der Waals surface area contributed by atoms with E-state index in [1.54, 1.807) is 90.9 Å². The summed E-state index contributed by atoms with van der Waals surface area (Å²) in [5.41, 5.74) is 4.41. The van der Waals surface area contributed by atoms with E-state index in [1.807, 2.05) is 0 Å². The fourth-order valence-corrected chi connectivity index (χ4v) is 6.32. The summed E-state index contributed by atoms with van der Waals surface area (Å²) < 4.78 is 51.9. The molecule has 0 bridgehead atoms. The van der Waals surface area contributed by atoms with Crippen LogP contribution in [0.1, 0.15) is 60.3 Å². The maximum Gasteiger partial charge on any atom is 0.458 e. The molecule has 1 aromatic carbocycles. The van der Waals surface area contributed by atoms with Crippen LogP contribution in [0.25, 0.3) is 5.52 Å². The first kappa shape index (κ1) is 39.4. The summed E-state index contributed by atoms with van der Waals surface area (Å²) in [5, 5.41) is 7.07. The average Bonchev–Trinajstić information content (AvgIpc) is 3.62. The first-order chi connectivity index (χ1) is 24.0. The maximum absolute atomic E-state index is 14.4. The number of nitrogen functional groups attached to an aromatic ring is 1. The molecule has 0 radical (unpaired) electrons. The third-order valence-corrected chi connectivity index (χ3v) is 9.23. The molecule has 3 N–H and O–H groups in total. The van der Waals surface area contributed by atoms with Gasteiger partial charge in [0, 0.05) is 19.8 Å². The Morgan fingerprint density at radius 1 is 1.08 bits per heavy atom. The zero-order chi connectivity index (χ0) is 37.6. The number of para-hydroxylation sites is 1. The van der Waals surface area contributed by atoms with E-state index in [0.717, 1.165) is 0 Å². The van der Waals surface area contributed by atoms with Crippen molar-refractivity contribution in [3.05, 3.63) is 54.5 Å². The highest BCUT2D eigenvalue weighted by Crippen LogP contribution is 2.49. The van der Waals surface area contributed by atoms with Crippen molar-refractivity contribution >= 4 is 43.2 Å². The lowest BCUT2D eigenvalue weighted by Crippen LogP contribution is -2.52. The summed E-state index contributed by atoms with van der Waals surface area (Å²) in [6.45, 7) is 10.9. The number of nitrogens with one attached hydrogen (secondary N) is 1. The van der Waals surface area contributed by atoms with Gasteiger partial charge >= 0.3 is 25.7 Å². The van der Waals surface area contributed by atoms with Crippen LogP contribution in [0.15, 0.2) is 53.8 Å². The van der Waals surface area contributed by atoms with Crippen LogP contribution in [0.3, 0.4) is 0 Å². The molecule has 1 saturated heterocycles. The van der Waals surface area contributed by atoms with Gasteiger partial charge in [0.05, 0.1) is 29.6 Å². The van der Waals surface area contributed by atoms with Gasteiger partial charge in [-0.05, 0) is 45.0 Å². The Morgan fingerprint density at radius 2 is 1.75 bits per heavy atom. The van der Waals surface area contributed by atoms with Crippen molar-refractivity contribution < 1.29 is 46.9 Å². The van der Waals surface area contributed by atoms with E-state index in [0.29, 0.717) is 11.2 Å². The molecular formula is C34H47N6O10P. The minimum atomic E-state index is -4.30. The Morgan fingerprint density at radius 3 is 2.37 bits per heavy atom. The van der Waals surface area contributed by atoms with E-state index in [9.17, 15) is 18.9 Å². The largest absolute Gasteiger partial charge is 0.464 e. The smallest absolute Gasteiger partial charge is 0.458 e. The SMILES string of the molecule is CN=C[C@]1(COP(=O)(NCCOC(=O)C(C)(C)C)Oc2ccccc2)O[C@@H](c2ccc3c(N)ncnn23)[C@H](OC(=O)C(C)C)[C@@H]1OC(=O)C(C)C. The van der Waals surface area contributed by atoms with E-state index in [-0.39, 0.29) is 24.7 Å². The molecule has 3 aromatic rings. The average molecular weight is 731 g/mol. The molecule has 2 aromatic heterocycles. The number of nitrogens with zero attached hydrogens (tertiary/aromatic N) is 4. The van der Waals surface area contributed by atoms with E-state index in [4.69, 9.17) is 33.7 Å². The van der Waals surface area contributed by atoms with Crippen molar-refractivity contribution in [3.63, 3.8) is 0 Å². The number of carbonyl (C=O) groups is 3. The molecular weight excluding hydrogens is 683 g/mol. The number of aromatic nitrogens is 3. The maximum atomic E-state index is 14.4. The van der Waals surface area contributed by atoms with Gasteiger partial charge in [-0.1, -0.05) is 45.9 Å². The third-order valence-electron chi connectivity index (χ3n) is 7.70. The lowest BCUT2D eigenvalue weighted by Gasteiger charge is -2.33. The number of hydrogen-bond acceptors (Lipinski definition) is 14. The Labute approximate surface area is 297 Å². The lowest BCUT2D eigenvalue weighted by atomic mass is 9.94. The van der Waals surface area contributed by atoms with Gasteiger partial charge in [-0.3, -0.25) is 23.9 Å². The van der Waals surface area contributed by atoms with E-state index in [1.165, 1.54) is 24.1 Å². The van der Waals surface area contributed by atoms with Gasteiger partial charge in [0.1, 0.15) is 30.3 Å². The number of benzene rings is 1. The second-order valence-corrected chi connectivity index (χ2v) is 15.4. The molecule has 16 nitrogen and oxygen atoms in total. The number of nitrogens with two attached hydrogens (primary N) is 1. The Hall–Kier alpha value is -4.37. The molecule has 3 heterocycles. The van der Waals surface area contributed by atoms with Crippen LogP contribution in [0.2, 0.25) is 0 Å². The second-order valence-electron chi connectivity index (χ2n) is 13.6. The summed E-state index contributed by atoms with van der Waals surface area (Å²) in [7, 11) is -2.83. The first-order valence-corrected chi connectivity index (χ1v) is 18.1. The van der Waals surface area contributed by atoms with Gasteiger partial charge in [0.2, 0.25) is 0 Å². The van der Waals surface area contributed by atoms with Crippen molar-refractivity contribution in [1.29, 1.82) is 0 Å². The molecule has 4 rings (SSSR count). The highest BCUT2D eigenvalue weighted by atomic mass is 31.2. The number of esters is 3. The lowest BCUT2D eigenvalue weighted by molar-refractivity contribution is -0.173. The molecule has 0 saturated carbocycles. The molecule has 17 heteroatoms. The molecule has 0 spiro atoms. The molecule has 0 amide bonds. The molecule has 1 aliphatic heterocycles. The van der Waals surface area contributed by atoms with Crippen molar-refractivity contribution in [2.45, 2.75) is 72.4 Å². The molecule has 5 atom stereocenters. The van der Waals surface area contributed by atoms with Gasteiger partial charge in [-0.2, -0.15) is 5.10 Å². The number of fused-ring (bicyclic) bond motifs is 1. The van der Waals surface area contributed by atoms with Gasteiger partial charge < -0.3 is 29.2 Å². The number of aliphatic imine (C=N–C) groups is 1. The monoisotopic (exact) mass is 730 g/mol. The van der Waals surface area contributed by atoms with Crippen molar-refractivity contribution in [2.75, 3.05) is 32.5 Å². The van der Waals surface area contributed by atoms with Crippen LogP contribution in [0.5, 0.6) is 5.75 Å². The summed E-state index contributed by atoms with van der Waals surface area (Å²) in [6, 6.07) is 11.7. The minimum Gasteiger partial charge on any atom is -0.464 e. The summed E-state index contributed by atoms with van der Waals surface area (Å²) in [5.74, 6) is -2.41. The molecule has 0 aliphatic carbocycles. The Kier molecular flexibility index (Phi) is 12.6. The quantitative estimate of drug-likeness (QED) is 0.0734. The zero-order valence-corrected chi connectivity index (χ0v) is 31.0. The van der Waals surface area contributed by atoms with E-state index < -0.39 is 73.4 Å². The number of carbonyl (C=O) groups excluding carboxylic acids is 3. The van der Waals surface area contributed by atoms with E-state index in [2.05, 4.69) is 20.2 Å². The predicted molar refractivity (Wildman–Crippen MR) is 187 cm³/mol. The number of rotatable bonds is 15. The van der Waals surface area contributed by atoms with Gasteiger partial charge in [0.15, 0.2) is 23.6 Å².